The average Bonchev–Trinajstić information content (AvgIpc) is 2.28. The molecule has 0 spiro atoms. The van der Waals surface area contributed by atoms with E-state index in [2.05, 4.69) is 15.3 Å². The first-order valence-corrected chi connectivity index (χ1v) is 5.18. The number of anilines is 1. The Balaban J connectivity index is 2.28. The van der Waals surface area contributed by atoms with Crippen LogP contribution in [0.15, 0.2) is 30.6 Å². The zero-order chi connectivity index (χ0) is 13.1. The van der Waals surface area contributed by atoms with Crippen LogP contribution in [0.2, 0.25) is 5.15 Å². The van der Waals surface area contributed by atoms with Gasteiger partial charge in [0.25, 0.3) is 5.91 Å². The van der Waals surface area contributed by atoms with Gasteiger partial charge in [-0.1, -0.05) is 17.7 Å². The van der Waals surface area contributed by atoms with Crippen LogP contribution in [0.4, 0.5) is 14.6 Å². The van der Waals surface area contributed by atoms with Crippen LogP contribution >= 0.6 is 11.6 Å². The molecule has 0 aliphatic carbocycles. The van der Waals surface area contributed by atoms with Crippen LogP contribution < -0.4 is 5.32 Å². The van der Waals surface area contributed by atoms with E-state index < -0.39 is 23.1 Å². The predicted molar refractivity (Wildman–Crippen MR) is 61.4 cm³/mol. The third kappa shape index (κ3) is 2.60. The molecular weight excluding hydrogens is 264 g/mol. The largest absolute Gasteiger partial charge is 0.305 e. The monoisotopic (exact) mass is 269 g/mol. The maximum absolute atomic E-state index is 13.3. The number of aromatic nitrogens is 2. The first-order valence-electron chi connectivity index (χ1n) is 4.81. The third-order valence-electron chi connectivity index (χ3n) is 2.04. The number of carbonyl (C=O) groups excluding carboxylic acids is 1. The molecule has 7 heteroatoms. The molecular formula is C11H6ClF2N3O. The molecule has 18 heavy (non-hydrogen) atoms. The molecule has 92 valence electrons. The number of amides is 1. The number of benzene rings is 1. The fourth-order valence-electron chi connectivity index (χ4n) is 1.30. The molecule has 1 heterocycles. The Morgan fingerprint density at radius 1 is 1.22 bits per heavy atom. The number of rotatable bonds is 2. The fraction of sp³-hybridized carbons (Fsp3) is 0. The minimum Gasteiger partial charge on any atom is -0.305 e. The van der Waals surface area contributed by atoms with Crippen molar-refractivity contribution in [3.8, 4) is 0 Å². The Hall–Kier alpha value is -2.08. The number of hydrogen-bond acceptors (Lipinski definition) is 3. The average molecular weight is 270 g/mol. The molecule has 0 aliphatic rings. The summed E-state index contributed by atoms with van der Waals surface area (Å²) in [5, 5.41) is 2.26. The lowest BCUT2D eigenvalue weighted by atomic mass is 10.2. The number of hydrogen-bond donors (Lipinski definition) is 1. The highest BCUT2D eigenvalue weighted by Crippen LogP contribution is 2.14. The van der Waals surface area contributed by atoms with Crippen molar-refractivity contribution >= 4 is 23.3 Å². The van der Waals surface area contributed by atoms with Crippen molar-refractivity contribution in [3.05, 3.63) is 52.9 Å². The van der Waals surface area contributed by atoms with Gasteiger partial charge in [0.15, 0.2) is 5.82 Å². The summed E-state index contributed by atoms with van der Waals surface area (Å²) in [5.41, 5.74) is -0.681. The van der Waals surface area contributed by atoms with Crippen molar-refractivity contribution in [2.45, 2.75) is 0 Å². The van der Waals surface area contributed by atoms with Crippen LogP contribution in [0, 0.1) is 11.6 Å². The van der Waals surface area contributed by atoms with Crippen molar-refractivity contribution in [2.75, 3.05) is 5.32 Å². The van der Waals surface area contributed by atoms with E-state index in [0.29, 0.717) is 0 Å². The van der Waals surface area contributed by atoms with E-state index in [1.54, 1.807) is 0 Å². The smallest absolute Gasteiger partial charge is 0.262 e. The Kier molecular flexibility index (Phi) is 3.47. The molecule has 2 rings (SSSR count). The SMILES string of the molecule is O=C(Nc1cncc(Cl)n1)c1c(F)cccc1F. The van der Waals surface area contributed by atoms with E-state index in [-0.39, 0.29) is 11.0 Å². The maximum atomic E-state index is 13.3. The van der Waals surface area contributed by atoms with E-state index in [1.165, 1.54) is 18.5 Å². The molecule has 0 atom stereocenters. The second-order valence-corrected chi connectivity index (χ2v) is 3.67. The van der Waals surface area contributed by atoms with Crippen molar-refractivity contribution in [2.24, 2.45) is 0 Å². The molecule has 1 N–H and O–H groups in total. The third-order valence-corrected chi connectivity index (χ3v) is 2.22. The molecule has 1 aromatic heterocycles. The van der Waals surface area contributed by atoms with Crippen molar-refractivity contribution in [1.82, 2.24) is 9.97 Å². The van der Waals surface area contributed by atoms with Gasteiger partial charge in [-0.3, -0.25) is 9.78 Å². The lowest BCUT2D eigenvalue weighted by Gasteiger charge is -2.05. The predicted octanol–water partition coefficient (Wildman–Crippen LogP) is 2.66. The highest BCUT2D eigenvalue weighted by Gasteiger charge is 2.17. The van der Waals surface area contributed by atoms with E-state index in [1.807, 2.05) is 0 Å². The summed E-state index contributed by atoms with van der Waals surface area (Å²) in [5.74, 6) is -2.86. The molecule has 2 aromatic rings. The van der Waals surface area contributed by atoms with Crippen LogP contribution in [0.3, 0.4) is 0 Å². The van der Waals surface area contributed by atoms with Crippen molar-refractivity contribution in [3.63, 3.8) is 0 Å². The molecule has 0 saturated carbocycles. The Morgan fingerprint density at radius 3 is 2.50 bits per heavy atom. The standard InChI is InChI=1S/C11H6ClF2N3O/c12-8-4-15-5-9(16-8)17-11(18)10-6(13)2-1-3-7(10)14/h1-5H,(H,16,17,18). The number of nitrogens with zero attached hydrogens (tertiary/aromatic N) is 2. The zero-order valence-corrected chi connectivity index (χ0v) is 9.58. The van der Waals surface area contributed by atoms with E-state index in [9.17, 15) is 13.6 Å². The first-order chi connectivity index (χ1) is 8.58. The first kappa shape index (κ1) is 12.4. The van der Waals surface area contributed by atoms with Gasteiger partial charge in [0.2, 0.25) is 0 Å². The molecule has 1 aromatic carbocycles. The van der Waals surface area contributed by atoms with E-state index in [0.717, 1.165) is 12.1 Å². The second-order valence-electron chi connectivity index (χ2n) is 3.28. The van der Waals surface area contributed by atoms with Gasteiger partial charge in [-0.05, 0) is 12.1 Å². The summed E-state index contributed by atoms with van der Waals surface area (Å²) in [6.45, 7) is 0. The minimum absolute atomic E-state index is 0.00940. The van der Waals surface area contributed by atoms with Gasteiger partial charge in [0.05, 0.1) is 12.4 Å². The topological polar surface area (TPSA) is 54.9 Å². The van der Waals surface area contributed by atoms with Gasteiger partial charge in [-0.2, -0.15) is 0 Å². The Bertz CT molecular complexity index is 586. The summed E-state index contributed by atoms with van der Waals surface area (Å²) in [7, 11) is 0. The highest BCUT2D eigenvalue weighted by atomic mass is 35.5. The molecule has 0 bridgehead atoms. The summed E-state index contributed by atoms with van der Waals surface area (Å²) in [6.07, 6.45) is 2.48. The zero-order valence-electron chi connectivity index (χ0n) is 8.82. The van der Waals surface area contributed by atoms with Crippen LogP contribution in [0.25, 0.3) is 0 Å². The number of carbonyl (C=O) groups is 1. The Morgan fingerprint density at radius 2 is 1.89 bits per heavy atom. The molecule has 0 aliphatic heterocycles. The highest BCUT2D eigenvalue weighted by molar-refractivity contribution is 6.29. The van der Waals surface area contributed by atoms with Crippen molar-refractivity contribution in [1.29, 1.82) is 0 Å². The Labute approximate surface area is 106 Å². The van der Waals surface area contributed by atoms with Crippen molar-refractivity contribution < 1.29 is 13.6 Å². The van der Waals surface area contributed by atoms with E-state index in [4.69, 9.17) is 11.6 Å². The second kappa shape index (κ2) is 5.05. The van der Waals surface area contributed by atoms with Crippen LogP contribution in [0.1, 0.15) is 10.4 Å². The number of nitrogens with one attached hydrogen (secondary N) is 1. The number of halogens is 3. The molecule has 0 fully saturated rings. The molecule has 4 nitrogen and oxygen atoms in total. The quantitative estimate of drug-likeness (QED) is 0.912. The normalized spacial score (nSPS) is 10.2. The van der Waals surface area contributed by atoms with Gasteiger partial charge in [-0.25, -0.2) is 13.8 Å². The van der Waals surface area contributed by atoms with Crippen LogP contribution in [-0.2, 0) is 0 Å². The van der Waals surface area contributed by atoms with E-state index >= 15 is 0 Å². The van der Waals surface area contributed by atoms with Gasteiger partial charge in [0.1, 0.15) is 22.4 Å². The molecule has 0 radical (unpaired) electrons. The lowest BCUT2D eigenvalue weighted by Crippen LogP contribution is -2.16. The molecule has 0 saturated heterocycles. The fourth-order valence-corrected chi connectivity index (χ4v) is 1.44. The summed E-state index contributed by atoms with van der Waals surface area (Å²) in [6, 6.07) is 3.14. The van der Waals surface area contributed by atoms with Gasteiger partial charge < -0.3 is 5.32 Å². The minimum atomic E-state index is -0.956. The van der Waals surface area contributed by atoms with Gasteiger partial charge >= 0.3 is 0 Å². The molecule has 1 amide bonds. The summed E-state index contributed by atoms with van der Waals surface area (Å²) >= 11 is 5.56. The summed E-state index contributed by atoms with van der Waals surface area (Å²) < 4.78 is 26.6. The van der Waals surface area contributed by atoms with Gasteiger partial charge in [0, 0.05) is 0 Å². The van der Waals surface area contributed by atoms with Crippen LogP contribution in [0.5, 0.6) is 0 Å². The summed E-state index contributed by atoms with van der Waals surface area (Å²) in [4.78, 5) is 19.1. The van der Waals surface area contributed by atoms with Crippen LogP contribution in [-0.4, -0.2) is 15.9 Å². The van der Waals surface area contributed by atoms with Gasteiger partial charge in [-0.15, -0.1) is 0 Å². The lowest BCUT2D eigenvalue weighted by molar-refractivity contribution is 0.101. The molecule has 0 unspecified atom stereocenters. The maximum Gasteiger partial charge on any atom is 0.262 e.